The number of nitrogens with zero attached hydrogens (tertiary/aromatic N) is 4. The third-order valence-electron chi connectivity index (χ3n) is 6.84. The van der Waals surface area contributed by atoms with Gasteiger partial charge >= 0.3 is 0 Å². The van der Waals surface area contributed by atoms with Crippen molar-refractivity contribution in [1.29, 1.82) is 0 Å². The Morgan fingerprint density at radius 2 is 1.41 bits per heavy atom. The Morgan fingerprint density at radius 1 is 0.824 bits per heavy atom. The van der Waals surface area contributed by atoms with Crippen molar-refractivity contribution in [2.75, 3.05) is 63.2 Å². The van der Waals surface area contributed by atoms with E-state index in [1.807, 2.05) is 30.0 Å². The van der Waals surface area contributed by atoms with Gasteiger partial charge in [0.2, 0.25) is 5.91 Å². The first-order chi connectivity index (χ1) is 16.4. The lowest BCUT2D eigenvalue weighted by Gasteiger charge is -2.36. The molecule has 2 fully saturated rings. The molecule has 0 N–H and O–H groups in total. The summed E-state index contributed by atoms with van der Waals surface area (Å²) in [6, 6.07) is 15.9. The molecule has 0 spiro atoms. The molecule has 0 radical (unpaired) electrons. The Morgan fingerprint density at radius 3 is 2.03 bits per heavy atom. The van der Waals surface area contributed by atoms with Gasteiger partial charge in [0.1, 0.15) is 0 Å². The molecule has 0 atom stereocenters. The Kier molecular flexibility index (Phi) is 8.24. The highest BCUT2D eigenvalue weighted by Gasteiger charge is 2.27. The summed E-state index contributed by atoms with van der Waals surface area (Å²) < 4.78 is 28.3. The van der Waals surface area contributed by atoms with Crippen LogP contribution in [0.3, 0.4) is 0 Å². The average molecular weight is 485 g/mol. The number of piperazine rings is 1. The number of aryl methyl sites for hydroxylation is 1. The number of benzene rings is 2. The third-order valence-corrected chi connectivity index (χ3v) is 8.68. The minimum absolute atomic E-state index is 0.0132. The quantitative estimate of drug-likeness (QED) is 0.548. The number of para-hydroxylation sites is 1. The molecule has 0 aromatic heterocycles. The maximum atomic E-state index is 13.4. The summed E-state index contributed by atoms with van der Waals surface area (Å²) in [5.41, 5.74) is 1.57. The molecule has 2 heterocycles. The van der Waals surface area contributed by atoms with Gasteiger partial charge in [-0.1, -0.05) is 35.9 Å². The summed E-state index contributed by atoms with van der Waals surface area (Å²) in [5.74, 6) is 0.0132. The number of sulfonamides is 1. The second kappa shape index (κ2) is 11.3. The summed E-state index contributed by atoms with van der Waals surface area (Å²) in [6.45, 7) is 9.79. The molecule has 2 aliphatic heterocycles. The van der Waals surface area contributed by atoms with Crippen LogP contribution >= 0.6 is 0 Å². The Bertz CT molecular complexity index is 1030. The van der Waals surface area contributed by atoms with Gasteiger partial charge in [-0.2, -0.15) is 0 Å². The topological polar surface area (TPSA) is 64.2 Å². The minimum Gasteiger partial charge on any atom is -0.340 e. The van der Waals surface area contributed by atoms with Crippen molar-refractivity contribution >= 4 is 21.6 Å². The van der Waals surface area contributed by atoms with E-state index < -0.39 is 10.0 Å². The monoisotopic (exact) mass is 484 g/mol. The number of amides is 1. The van der Waals surface area contributed by atoms with Crippen molar-refractivity contribution in [2.45, 2.75) is 31.1 Å². The molecule has 2 aliphatic rings. The van der Waals surface area contributed by atoms with Gasteiger partial charge in [-0.3, -0.25) is 14.0 Å². The van der Waals surface area contributed by atoms with Gasteiger partial charge in [-0.25, -0.2) is 8.42 Å². The molecule has 2 aromatic carbocycles. The number of likely N-dealkylation sites (tertiary alicyclic amines) is 1. The van der Waals surface area contributed by atoms with E-state index >= 15 is 0 Å². The van der Waals surface area contributed by atoms with E-state index in [0.29, 0.717) is 18.8 Å². The molecule has 7 nitrogen and oxygen atoms in total. The fourth-order valence-electron chi connectivity index (χ4n) is 4.69. The molecule has 2 aromatic rings. The highest BCUT2D eigenvalue weighted by molar-refractivity contribution is 7.92. The molecule has 184 valence electrons. The molecule has 8 heteroatoms. The average Bonchev–Trinajstić information content (AvgIpc) is 3.38. The Balaban J connectivity index is 1.35. The van der Waals surface area contributed by atoms with Gasteiger partial charge in [0.05, 0.1) is 10.6 Å². The number of carbonyl (C=O) groups is 1. The summed E-state index contributed by atoms with van der Waals surface area (Å²) in [7, 11) is -3.77. The van der Waals surface area contributed by atoms with Gasteiger partial charge in [0, 0.05) is 52.2 Å². The van der Waals surface area contributed by atoms with Crippen LogP contribution in [-0.4, -0.2) is 87.9 Å². The van der Waals surface area contributed by atoms with Gasteiger partial charge in [-0.05, 0) is 57.1 Å². The van der Waals surface area contributed by atoms with Crippen LogP contribution in [0.15, 0.2) is 59.5 Å². The predicted molar refractivity (Wildman–Crippen MR) is 135 cm³/mol. The van der Waals surface area contributed by atoms with Crippen molar-refractivity contribution in [3.63, 3.8) is 0 Å². The molecule has 0 saturated carbocycles. The van der Waals surface area contributed by atoms with Gasteiger partial charge in [-0.15, -0.1) is 0 Å². The first-order valence-electron chi connectivity index (χ1n) is 12.3. The molecule has 0 aliphatic carbocycles. The zero-order chi connectivity index (χ0) is 24.0. The lowest BCUT2D eigenvalue weighted by atomic mass is 10.2. The van der Waals surface area contributed by atoms with E-state index in [1.54, 1.807) is 36.4 Å². The number of hydrogen-bond donors (Lipinski definition) is 0. The van der Waals surface area contributed by atoms with Gasteiger partial charge < -0.3 is 9.80 Å². The van der Waals surface area contributed by atoms with E-state index in [9.17, 15) is 13.2 Å². The van der Waals surface area contributed by atoms with Gasteiger partial charge in [0.15, 0.2) is 0 Å². The molecule has 1 amide bonds. The van der Waals surface area contributed by atoms with Crippen molar-refractivity contribution in [3.8, 4) is 0 Å². The molecular formula is C26H36N4O3S. The Labute approximate surface area is 204 Å². The van der Waals surface area contributed by atoms with E-state index in [2.05, 4.69) is 9.80 Å². The van der Waals surface area contributed by atoms with E-state index in [1.165, 1.54) is 30.2 Å². The molecule has 2 saturated heterocycles. The van der Waals surface area contributed by atoms with Crippen LogP contribution in [0, 0.1) is 6.92 Å². The van der Waals surface area contributed by atoms with Crippen LogP contribution in [-0.2, 0) is 14.8 Å². The second-order valence-corrected chi connectivity index (χ2v) is 11.1. The largest absolute Gasteiger partial charge is 0.340 e. The van der Waals surface area contributed by atoms with Crippen molar-refractivity contribution < 1.29 is 13.2 Å². The van der Waals surface area contributed by atoms with Crippen LogP contribution in [0.1, 0.15) is 24.8 Å². The normalized spacial score (nSPS) is 17.7. The maximum Gasteiger partial charge on any atom is 0.264 e. The Hall–Kier alpha value is -2.42. The lowest BCUT2D eigenvalue weighted by molar-refractivity contribution is -0.132. The fourth-order valence-corrected chi connectivity index (χ4v) is 6.15. The summed E-state index contributed by atoms with van der Waals surface area (Å²) in [4.78, 5) is 20.1. The van der Waals surface area contributed by atoms with Crippen molar-refractivity contribution in [2.24, 2.45) is 0 Å². The SMILES string of the molecule is Cc1ccc(S(=O)(=O)N(CCC(=O)N2CCN(CCN3CCCC3)CC2)c2ccccc2)cc1. The molecule has 0 unspecified atom stereocenters. The lowest BCUT2D eigenvalue weighted by Crippen LogP contribution is -2.50. The highest BCUT2D eigenvalue weighted by Crippen LogP contribution is 2.24. The standard InChI is InChI=1S/C26H36N4O3S/c1-23-9-11-25(12-10-23)34(32,33)30(24-7-3-2-4-8-24)16-13-26(31)29-21-19-28(20-22-29)18-17-27-14-5-6-15-27/h2-4,7-12H,5-6,13-22H2,1H3. The molecule has 34 heavy (non-hydrogen) atoms. The first-order valence-corrected chi connectivity index (χ1v) is 13.7. The van der Waals surface area contributed by atoms with Gasteiger partial charge in [0.25, 0.3) is 10.0 Å². The van der Waals surface area contributed by atoms with Crippen LogP contribution in [0.2, 0.25) is 0 Å². The minimum atomic E-state index is -3.77. The van der Waals surface area contributed by atoms with E-state index in [-0.39, 0.29) is 23.8 Å². The summed E-state index contributed by atoms with van der Waals surface area (Å²) in [5, 5.41) is 0. The summed E-state index contributed by atoms with van der Waals surface area (Å²) in [6.07, 6.45) is 2.78. The maximum absolute atomic E-state index is 13.4. The molecule has 4 rings (SSSR count). The predicted octanol–water partition coefficient (Wildman–Crippen LogP) is 2.82. The summed E-state index contributed by atoms with van der Waals surface area (Å²) >= 11 is 0. The zero-order valence-electron chi connectivity index (χ0n) is 20.1. The molecule has 0 bridgehead atoms. The van der Waals surface area contributed by atoms with E-state index in [4.69, 9.17) is 0 Å². The third kappa shape index (κ3) is 6.17. The number of carbonyl (C=O) groups excluding carboxylic acids is 1. The number of hydrogen-bond acceptors (Lipinski definition) is 5. The van der Waals surface area contributed by atoms with Crippen LogP contribution in [0.4, 0.5) is 5.69 Å². The van der Waals surface area contributed by atoms with Crippen LogP contribution < -0.4 is 4.31 Å². The zero-order valence-corrected chi connectivity index (χ0v) is 20.9. The highest BCUT2D eigenvalue weighted by atomic mass is 32.2. The van der Waals surface area contributed by atoms with Crippen molar-refractivity contribution in [3.05, 3.63) is 60.2 Å². The number of anilines is 1. The van der Waals surface area contributed by atoms with E-state index in [0.717, 1.165) is 31.7 Å². The van der Waals surface area contributed by atoms with Crippen LogP contribution in [0.25, 0.3) is 0 Å². The second-order valence-electron chi connectivity index (χ2n) is 9.25. The molecular weight excluding hydrogens is 448 g/mol. The smallest absolute Gasteiger partial charge is 0.264 e. The fraction of sp³-hybridized carbons (Fsp3) is 0.500. The van der Waals surface area contributed by atoms with Crippen LogP contribution in [0.5, 0.6) is 0 Å². The first kappa shape index (κ1) is 24.7. The van der Waals surface area contributed by atoms with Crippen molar-refractivity contribution in [1.82, 2.24) is 14.7 Å². The number of rotatable bonds is 9.